The van der Waals surface area contributed by atoms with Crippen molar-refractivity contribution in [3.63, 3.8) is 0 Å². The Morgan fingerprint density at radius 3 is 2.89 bits per heavy atom. The summed E-state index contributed by atoms with van der Waals surface area (Å²) in [6.07, 6.45) is -0.00417. The number of ether oxygens (including phenoxy) is 1. The zero-order valence-corrected chi connectivity index (χ0v) is 10.4. The molecule has 0 saturated heterocycles. The summed E-state index contributed by atoms with van der Waals surface area (Å²) in [5, 5.41) is 9.70. The maximum Gasteiger partial charge on any atom is 0.230 e. The number of carbonyl (C=O) groups is 1. The first-order valence-corrected chi connectivity index (χ1v) is 5.79. The van der Waals surface area contributed by atoms with E-state index in [0.29, 0.717) is 23.7 Å². The summed E-state index contributed by atoms with van der Waals surface area (Å²) >= 11 is 0. The van der Waals surface area contributed by atoms with Crippen LogP contribution in [0, 0.1) is 0 Å². The number of anilines is 2. The smallest absolute Gasteiger partial charge is 0.230 e. The standard InChI is InChI=1S/C12H14N4O3/c1-2-18-10-6-4-3-5-8(10)14-11(17)7-9-12(13)16-19-15-9/h3-6H,2,7H2,1H3,(H2,13,16)(H,14,17). The minimum Gasteiger partial charge on any atom is -0.492 e. The number of hydrogen-bond acceptors (Lipinski definition) is 6. The van der Waals surface area contributed by atoms with Crippen LogP contribution in [0.15, 0.2) is 28.9 Å². The third-order valence-corrected chi connectivity index (χ3v) is 2.37. The van der Waals surface area contributed by atoms with Crippen LogP contribution in [0.1, 0.15) is 12.6 Å². The summed E-state index contributed by atoms with van der Waals surface area (Å²) in [5.74, 6) is 0.465. The highest BCUT2D eigenvalue weighted by Gasteiger charge is 2.13. The Kier molecular flexibility index (Phi) is 3.97. The molecule has 0 spiro atoms. The summed E-state index contributed by atoms with van der Waals surface area (Å²) in [6, 6.07) is 7.18. The van der Waals surface area contributed by atoms with Crippen LogP contribution in [0.5, 0.6) is 5.75 Å². The third-order valence-electron chi connectivity index (χ3n) is 2.37. The molecular formula is C12H14N4O3. The zero-order chi connectivity index (χ0) is 13.7. The number of benzene rings is 1. The number of nitrogen functional groups attached to an aromatic ring is 1. The van der Waals surface area contributed by atoms with Gasteiger partial charge in [0.1, 0.15) is 11.4 Å². The maximum absolute atomic E-state index is 11.9. The van der Waals surface area contributed by atoms with E-state index in [-0.39, 0.29) is 18.1 Å². The van der Waals surface area contributed by atoms with Gasteiger partial charge in [-0.2, -0.15) is 0 Å². The van der Waals surface area contributed by atoms with Gasteiger partial charge >= 0.3 is 0 Å². The molecule has 7 heteroatoms. The molecule has 0 saturated carbocycles. The monoisotopic (exact) mass is 262 g/mol. The molecule has 100 valence electrons. The fraction of sp³-hybridized carbons (Fsp3) is 0.250. The summed E-state index contributed by atoms with van der Waals surface area (Å²) in [5.41, 5.74) is 6.40. The van der Waals surface area contributed by atoms with Crippen molar-refractivity contribution < 1.29 is 14.2 Å². The number of nitrogens with one attached hydrogen (secondary N) is 1. The predicted octanol–water partition coefficient (Wildman–Crippen LogP) is 1.23. The van der Waals surface area contributed by atoms with Gasteiger partial charge in [0.15, 0.2) is 5.82 Å². The van der Waals surface area contributed by atoms with Crippen LogP contribution in [0.2, 0.25) is 0 Å². The maximum atomic E-state index is 11.9. The van der Waals surface area contributed by atoms with Gasteiger partial charge in [0.25, 0.3) is 0 Å². The molecule has 19 heavy (non-hydrogen) atoms. The fourth-order valence-corrected chi connectivity index (χ4v) is 1.53. The number of para-hydroxylation sites is 2. The van der Waals surface area contributed by atoms with Crippen molar-refractivity contribution in [2.24, 2.45) is 0 Å². The normalized spacial score (nSPS) is 10.2. The quantitative estimate of drug-likeness (QED) is 0.840. The number of nitrogens with two attached hydrogens (primary N) is 1. The second-order valence-electron chi connectivity index (χ2n) is 3.75. The van der Waals surface area contributed by atoms with Gasteiger partial charge in [0.2, 0.25) is 5.91 Å². The molecule has 1 heterocycles. The second kappa shape index (κ2) is 5.85. The molecule has 7 nitrogen and oxygen atoms in total. The first-order valence-electron chi connectivity index (χ1n) is 5.79. The van der Waals surface area contributed by atoms with Gasteiger partial charge in [0, 0.05) is 0 Å². The lowest BCUT2D eigenvalue weighted by molar-refractivity contribution is -0.115. The number of hydrogen-bond donors (Lipinski definition) is 2. The molecule has 0 fully saturated rings. The molecule has 0 radical (unpaired) electrons. The molecule has 0 atom stereocenters. The lowest BCUT2D eigenvalue weighted by Gasteiger charge is -2.10. The SMILES string of the molecule is CCOc1ccccc1NC(=O)Cc1nonc1N. The number of amides is 1. The Morgan fingerprint density at radius 2 is 2.21 bits per heavy atom. The first kappa shape index (κ1) is 12.9. The van der Waals surface area contributed by atoms with Gasteiger partial charge in [-0.25, -0.2) is 4.63 Å². The number of aromatic nitrogens is 2. The van der Waals surface area contributed by atoms with Gasteiger partial charge in [-0.3, -0.25) is 4.79 Å². The van der Waals surface area contributed by atoms with E-state index in [0.717, 1.165) is 0 Å². The molecule has 0 bridgehead atoms. The molecule has 2 rings (SSSR count). The molecule has 0 aliphatic carbocycles. The molecular weight excluding hydrogens is 248 g/mol. The van der Waals surface area contributed by atoms with Gasteiger partial charge in [-0.15, -0.1) is 0 Å². The Morgan fingerprint density at radius 1 is 1.42 bits per heavy atom. The molecule has 0 aliphatic rings. The van der Waals surface area contributed by atoms with Gasteiger partial charge < -0.3 is 15.8 Å². The average molecular weight is 262 g/mol. The predicted molar refractivity (Wildman–Crippen MR) is 68.7 cm³/mol. The molecule has 1 aromatic heterocycles. The van der Waals surface area contributed by atoms with E-state index in [1.54, 1.807) is 12.1 Å². The largest absolute Gasteiger partial charge is 0.492 e. The van der Waals surface area contributed by atoms with E-state index in [1.807, 2.05) is 19.1 Å². The van der Waals surface area contributed by atoms with E-state index in [4.69, 9.17) is 10.5 Å². The lowest BCUT2D eigenvalue weighted by Crippen LogP contribution is -2.16. The highest BCUT2D eigenvalue weighted by atomic mass is 16.6. The Balaban J connectivity index is 2.05. The summed E-state index contributed by atoms with van der Waals surface area (Å²) < 4.78 is 9.84. The Labute approximate surface area is 109 Å². The van der Waals surface area contributed by atoms with Crippen LogP contribution in [0.25, 0.3) is 0 Å². The van der Waals surface area contributed by atoms with Crippen molar-refractivity contribution in [2.45, 2.75) is 13.3 Å². The van der Waals surface area contributed by atoms with Crippen LogP contribution in [0.3, 0.4) is 0 Å². The molecule has 0 aliphatic heterocycles. The van der Waals surface area contributed by atoms with Crippen molar-refractivity contribution in [3.05, 3.63) is 30.0 Å². The zero-order valence-electron chi connectivity index (χ0n) is 10.4. The first-order chi connectivity index (χ1) is 9.20. The summed E-state index contributed by atoms with van der Waals surface area (Å²) in [7, 11) is 0. The van der Waals surface area contributed by atoms with Gasteiger partial charge in [0.05, 0.1) is 18.7 Å². The molecule has 1 amide bonds. The van der Waals surface area contributed by atoms with Crippen molar-refractivity contribution in [1.82, 2.24) is 10.3 Å². The molecule has 2 aromatic rings. The highest BCUT2D eigenvalue weighted by Crippen LogP contribution is 2.23. The van der Waals surface area contributed by atoms with Gasteiger partial charge in [-0.05, 0) is 24.2 Å². The van der Waals surface area contributed by atoms with E-state index in [2.05, 4.69) is 20.3 Å². The minimum atomic E-state index is -0.269. The van der Waals surface area contributed by atoms with Crippen LogP contribution in [0.4, 0.5) is 11.5 Å². The highest BCUT2D eigenvalue weighted by molar-refractivity contribution is 5.93. The van der Waals surface area contributed by atoms with Crippen molar-refractivity contribution in [3.8, 4) is 5.75 Å². The van der Waals surface area contributed by atoms with E-state index in [9.17, 15) is 4.79 Å². The van der Waals surface area contributed by atoms with Gasteiger partial charge in [-0.1, -0.05) is 17.3 Å². The third kappa shape index (κ3) is 3.21. The van der Waals surface area contributed by atoms with Crippen molar-refractivity contribution in [1.29, 1.82) is 0 Å². The Bertz CT molecular complexity index is 568. The summed E-state index contributed by atoms with van der Waals surface area (Å²) in [6.45, 7) is 2.40. The second-order valence-corrected chi connectivity index (χ2v) is 3.75. The van der Waals surface area contributed by atoms with Crippen molar-refractivity contribution >= 4 is 17.4 Å². The van der Waals surface area contributed by atoms with E-state index < -0.39 is 0 Å². The Hall–Kier alpha value is -2.57. The van der Waals surface area contributed by atoms with E-state index in [1.165, 1.54) is 0 Å². The van der Waals surface area contributed by atoms with E-state index >= 15 is 0 Å². The lowest BCUT2D eigenvalue weighted by atomic mass is 10.2. The molecule has 3 N–H and O–H groups in total. The number of carbonyl (C=O) groups excluding carboxylic acids is 1. The van der Waals surface area contributed by atoms with Crippen LogP contribution >= 0.6 is 0 Å². The van der Waals surface area contributed by atoms with Crippen LogP contribution in [-0.2, 0) is 11.2 Å². The minimum absolute atomic E-state index is 0.00417. The van der Waals surface area contributed by atoms with Crippen LogP contribution < -0.4 is 15.8 Å². The number of rotatable bonds is 5. The molecule has 1 aromatic carbocycles. The molecule has 0 unspecified atom stereocenters. The fourth-order valence-electron chi connectivity index (χ4n) is 1.53. The average Bonchev–Trinajstić information content (AvgIpc) is 2.78. The van der Waals surface area contributed by atoms with Crippen LogP contribution in [-0.4, -0.2) is 22.8 Å². The topological polar surface area (TPSA) is 103 Å². The summed E-state index contributed by atoms with van der Waals surface area (Å²) in [4.78, 5) is 11.9. The van der Waals surface area contributed by atoms with Crippen molar-refractivity contribution in [2.75, 3.05) is 17.7 Å². The number of nitrogens with zero attached hydrogens (tertiary/aromatic N) is 2.